The van der Waals surface area contributed by atoms with Gasteiger partial charge in [0.05, 0.1) is 6.42 Å². The molecule has 2 aromatic carbocycles. The molecule has 1 aliphatic heterocycles. The highest BCUT2D eigenvalue weighted by Crippen LogP contribution is 2.25. The number of carbonyl (C=O) groups excluding carboxylic acids is 2. The van der Waals surface area contributed by atoms with Gasteiger partial charge in [-0.25, -0.2) is 0 Å². The van der Waals surface area contributed by atoms with Crippen LogP contribution in [-0.4, -0.2) is 31.6 Å². The van der Waals surface area contributed by atoms with Crippen molar-refractivity contribution < 1.29 is 14.3 Å². The summed E-state index contributed by atoms with van der Waals surface area (Å²) in [5, 5.41) is 3.50. The standard InChI is InChI=1S/C20H20Cl2N2O3/c21-17-4-3-5-18(22)16(17)12-20(26)27-13-19(25)23-14-6-8-15(9-7-14)24-10-1-2-11-24/h3-9H,1-2,10-13H2,(H,23,25). The Hall–Kier alpha value is -2.24. The number of amides is 1. The van der Waals surface area contributed by atoms with Gasteiger partial charge in [-0.15, -0.1) is 0 Å². The zero-order valence-corrected chi connectivity index (χ0v) is 16.2. The number of hydrogen-bond donors (Lipinski definition) is 1. The third-order valence-electron chi connectivity index (χ3n) is 4.37. The Kier molecular flexibility index (Phi) is 6.58. The van der Waals surface area contributed by atoms with Crippen LogP contribution in [0.2, 0.25) is 10.0 Å². The zero-order chi connectivity index (χ0) is 19.2. The van der Waals surface area contributed by atoms with Gasteiger partial charge in [0.25, 0.3) is 5.91 Å². The van der Waals surface area contributed by atoms with Gasteiger partial charge in [-0.05, 0) is 49.2 Å². The molecule has 1 amide bonds. The lowest BCUT2D eigenvalue weighted by molar-refractivity contribution is -0.146. The van der Waals surface area contributed by atoms with Crippen molar-refractivity contribution in [3.8, 4) is 0 Å². The predicted octanol–water partition coefficient (Wildman–Crippen LogP) is 4.32. The average Bonchev–Trinajstić information content (AvgIpc) is 3.18. The Morgan fingerprint density at radius 1 is 1.00 bits per heavy atom. The fraction of sp³-hybridized carbons (Fsp3) is 0.300. The van der Waals surface area contributed by atoms with Crippen LogP contribution in [0.1, 0.15) is 18.4 Å². The molecule has 142 valence electrons. The van der Waals surface area contributed by atoms with Crippen molar-refractivity contribution in [1.29, 1.82) is 0 Å². The molecule has 2 aromatic rings. The van der Waals surface area contributed by atoms with Gasteiger partial charge >= 0.3 is 5.97 Å². The van der Waals surface area contributed by atoms with Crippen LogP contribution in [0.3, 0.4) is 0 Å². The second kappa shape index (κ2) is 9.11. The Labute approximate surface area is 168 Å². The molecule has 7 heteroatoms. The van der Waals surface area contributed by atoms with Crippen molar-refractivity contribution in [2.75, 3.05) is 29.9 Å². The third kappa shape index (κ3) is 5.37. The van der Waals surface area contributed by atoms with E-state index in [1.165, 1.54) is 12.8 Å². The molecular weight excluding hydrogens is 387 g/mol. The molecule has 0 aromatic heterocycles. The van der Waals surface area contributed by atoms with Crippen molar-refractivity contribution in [1.82, 2.24) is 0 Å². The number of hydrogen-bond acceptors (Lipinski definition) is 4. The molecule has 1 N–H and O–H groups in total. The smallest absolute Gasteiger partial charge is 0.310 e. The van der Waals surface area contributed by atoms with Gasteiger partial charge in [0.2, 0.25) is 0 Å². The lowest BCUT2D eigenvalue weighted by Crippen LogP contribution is -2.22. The lowest BCUT2D eigenvalue weighted by Gasteiger charge is -2.17. The van der Waals surface area contributed by atoms with Crippen molar-refractivity contribution in [2.24, 2.45) is 0 Å². The molecular formula is C20H20Cl2N2O3. The van der Waals surface area contributed by atoms with Crippen LogP contribution in [0.4, 0.5) is 11.4 Å². The summed E-state index contributed by atoms with van der Waals surface area (Å²) in [5.41, 5.74) is 2.30. The maximum atomic E-state index is 12.0. The summed E-state index contributed by atoms with van der Waals surface area (Å²) in [7, 11) is 0. The summed E-state index contributed by atoms with van der Waals surface area (Å²) in [4.78, 5) is 26.2. The van der Waals surface area contributed by atoms with E-state index >= 15 is 0 Å². The summed E-state index contributed by atoms with van der Waals surface area (Å²) in [6.45, 7) is 1.77. The number of benzene rings is 2. The number of nitrogens with one attached hydrogen (secondary N) is 1. The van der Waals surface area contributed by atoms with Gasteiger partial charge < -0.3 is 15.0 Å². The number of carbonyl (C=O) groups is 2. The van der Waals surface area contributed by atoms with Gasteiger partial charge in [0.1, 0.15) is 0 Å². The first-order valence-corrected chi connectivity index (χ1v) is 9.52. The molecule has 3 rings (SSSR count). The molecule has 1 aliphatic rings. The van der Waals surface area contributed by atoms with Crippen molar-refractivity contribution in [2.45, 2.75) is 19.3 Å². The van der Waals surface area contributed by atoms with Crippen molar-refractivity contribution >= 4 is 46.5 Å². The summed E-state index contributed by atoms with van der Waals surface area (Å²) in [5.74, 6) is -0.966. The Bertz CT molecular complexity index is 798. The van der Waals surface area contributed by atoms with Crippen LogP contribution in [0.5, 0.6) is 0 Å². The predicted molar refractivity (Wildman–Crippen MR) is 108 cm³/mol. The Morgan fingerprint density at radius 2 is 1.63 bits per heavy atom. The zero-order valence-electron chi connectivity index (χ0n) is 14.7. The minimum absolute atomic E-state index is 0.0870. The number of anilines is 2. The normalized spacial score (nSPS) is 13.5. The molecule has 0 bridgehead atoms. The summed E-state index contributed by atoms with van der Waals surface area (Å²) < 4.78 is 5.02. The van der Waals surface area contributed by atoms with E-state index < -0.39 is 11.9 Å². The molecule has 0 unspecified atom stereocenters. The topological polar surface area (TPSA) is 58.6 Å². The van der Waals surface area contributed by atoms with Gasteiger partial charge in [-0.1, -0.05) is 29.3 Å². The van der Waals surface area contributed by atoms with Gasteiger partial charge in [-0.3, -0.25) is 9.59 Å². The molecule has 0 radical (unpaired) electrons. The molecule has 0 spiro atoms. The highest BCUT2D eigenvalue weighted by Gasteiger charge is 2.14. The average molecular weight is 407 g/mol. The summed E-state index contributed by atoms with van der Waals surface area (Å²) in [6, 6.07) is 12.6. The van der Waals surface area contributed by atoms with E-state index in [1.807, 2.05) is 24.3 Å². The van der Waals surface area contributed by atoms with Crippen LogP contribution in [0.25, 0.3) is 0 Å². The fourth-order valence-electron chi connectivity index (χ4n) is 2.97. The first-order valence-electron chi connectivity index (χ1n) is 8.76. The summed E-state index contributed by atoms with van der Waals surface area (Å²) in [6.07, 6.45) is 2.34. The molecule has 1 saturated heterocycles. The molecule has 0 aliphatic carbocycles. The maximum absolute atomic E-state index is 12.0. The number of halogens is 2. The van der Waals surface area contributed by atoms with E-state index in [2.05, 4.69) is 10.2 Å². The Balaban J connectivity index is 1.47. The fourth-order valence-corrected chi connectivity index (χ4v) is 3.50. The quantitative estimate of drug-likeness (QED) is 0.725. The van der Waals surface area contributed by atoms with E-state index in [4.69, 9.17) is 27.9 Å². The van der Waals surface area contributed by atoms with Crippen LogP contribution >= 0.6 is 23.2 Å². The van der Waals surface area contributed by atoms with Crippen LogP contribution in [0, 0.1) is 0 Å². The number of esters is 1. The summed E-state index contributed by atoms with van der Waals surface area (Å²) >= 11 is 12.1. The third-order valence-corrected chi connectivity index (χ3v) is 5.08. The highest BCUT2D eigenvalue weighted by atomic mass is 35.5. The van der Waals surface area contributed by atoms with Crippen LogP contribution in [-0.2, 0) is 20.7 Å². The van der Waals surface area contributed by atoms with E-state index in [-0.39, 0.29) is 13.0 Å². The molecule has 1 fully saturated rings. The minimum atomic E-state index is -0.565. The monoisotopic (exact) mass is 406 g/mol. The van der Waals surface area contributed by atoms with Gasteiger partial charge in [-0.2, -0.15) is 0 Å². The second-order valence-electron chi connectivity index (χ2n) is 6.33. The van der Waals surface area contributed by atoms with Gasteiger partial charge in [0, 0.05) is 40.1 Å². The van der Waals surface area contributed by atoms with Crippen molar-refractivity contribution in [3.05, 3.63) is 58.1 Å². The van der Waals surface area contributed by atoms with Crippen LogP contribution in [0.15, 0.2) is 42.5 Å². The molecule has 27 heavy (non-hydrogen) atoms. The van der Waals surface area contributed by atoms with E-state index in [9.17, 15) is 9.59 Å². The maximum Gasteiger partial charge on any atom is 0.310 e. The van der Waals surface area contributed by atoms with E-state index in [0.717, 1.165) is 18.8 Å². The van der Waals surface area contributed by atoms with Gasteiger partial charge in [0.15, 0.2) is 6.61 Å². The Morgan fingerprint density at radius 3 is 2.26 bits per heavy atom. The minimum Gasteiger partial charge on any atom is -0.455 e. The SMILES string of the molecule is O=C(COC(=O)Cc1c(Cl)cccc1Cl)Nc1ccc(N2CCCC2)cc1. The second-order valence-corrected chi connectivity index (χ2v) is 7.14. The van der Waals surface area contributed by atoms with E-state index in [0.29, 0.717) is 21.3 Å². The highest BCUT2D eigenvalue weighted by molar-refractivity contribution is 6.36. The van der Waals surface area contributed by atoms with E-state index in [1.54, 1.807) is 18.2 Å². The molecule has 0 saturated carbocycles. The molecule has 0 atom stereocenters. The number of nitrogens with zero attached hydrogens (tertiary/aromatic N) is 1. The molecule has 1 heterocycles. The first kappa shape index (κ1) is 19.5. The lowest BCUT2D eigenvalue weighted by atomic mass is 10.1. The first-order chi connectivity index (χ1) is 13.0. The number of rotatable bonds is 6. The van der Waals surface area contributed by atoms with Crippen molar-refractivity contribution in [3.63, 3.8) is 0 Å². The number of ether oxygens (including phenoxy) is 1. The van der Waals surface area contributed by atoms with Crippen LogP contribution < -0.4 is 10.2 Å². The largest absolute Gasteiger partial charge is 0.455 e. The molecule has 5 nitrogen and oxygen atoms in total.